The van der Waals surface area contributed by atoms with Crippen LogP contribution < -0.4 is 11.1 Å². The monoisotopic (exact) mass is 243 g/mol. The highest BCUT2D eigenvalue weighted by Crippen LogP contribution is 2.25. The minimum absolute atomic E-state index is 0.0313. The van der Waals surface area contributed by atoms with Crippen molar-refractivity contribution >= 4 is 11.7 Å². The third-order valence-electron chi connectivity index (χ3n) is 3.49. The minimum Gasteiger partial charge on any atom is -0.409 e. The van der Waals surface area contributed by atoms with Crippen LogP contribution in [-0.4, -0.2) is 35.2 Å². The van der Waals surface area contributed by atoms with Crippen LogP contribution in [0.5, 0.6) is 0 Å². The van der Waals surface area contributed by atoms with Crippen LogP contribution in [0.1, 0.15) is 33.6 Å². The highest BCUT2D eigenvalue weighted by molar-refractivity contribution is 6.02. The van der Waals surface area contributed by atoms with Crippen molar-refractivity contribution in [3.63, 3.8) is 0 Å². The molecule has 1 aliphatic rings. The standard InChI is InChI=1S/C11H21N3O3/c1-4-8(9(12)14-16)10(15)13-11(3)5-6-17-7(11)2/h7-8,16H,4-6H2,1-3H3,(H2,12,14)(H,13,15). The predicted octanol–water partition coefficient (Wildman–Crippen LogP) is 0.443. The van der Waals surface area contributed by atoms with Crippen LogP contribution in [0.25, 0.3) is 0 Å². The van der Waals surface area contributed by atoms with Gasteiger partial charge in [-0.15, -0.1) is 0 Å². The second-order valence-corrected chi connectivity index (χ2v) is 4.66. The van der Waals surface area contributed by atoms with Crippen molar-refractivity contribution in [1.82, 2.24) is 5.32 Å². The van der Waals surface area contributed by atoms with Gasteiger partial charge >= 0.3 is 0 Å². The van der Waals surface area contributed by atoms with Crippen molar-refractivity contribution in [1.29, 1.82) is 0 Å². The van der Waals surface area contributed by atoms with Crippen LogP contribution in [0.15, 0.2) is 5.16 Å². The molecule has 1 aliphatic heterocycles. The number of oxime groups is 1. The van der Waals surface area contributed by atoms with Gasteiger partial charge in [0.1, 0.15) is 0 Å². The molecule has 1 heterocycles. The lowest BCUT2D eigenvalue weighted by atomic mass is 9.93. The molecule has 0 aliphatic carbocycles. The van der Waals surface area contributed by atoms with Gasteiger partial charge in [-0.2, -0.15) is 0 Å². The fourth-order valence-electron chi connectivity index (χ4n) is 1.97. The van der Waals surface area contributed by atoms with Crippen LogP contribution in [0.2, 0.25) is 0 Å². The van der Waals surface area contributed by atoms with Crippen LogP contribution in [0, 0.1) is 5.92 Å². The third kappa shape index (κ3) is 2.88. The summed E-state index contributed by atoms with van der Waals surface area (Å²) in [6.45, 7) is 6.33. The van der Waals surface area contributed by atoms with Crippen molar-refractivity contribution in [2.24, 2.45) is 16.8 Å². The second-order valence-electron chi connectivity index (χ2n) is 4.66. The van der Waals surface area contributed by atoms with Gasteiger partial charge in [0.2, 0.25) is 5.91 Å². The number of carbonyl (C=O) groups is 1. The van der Waals surface area contributed by atoms with Gasteiger partial charge in [-0.05, 0) is 26.7 Å². The molecular weight excluding hydrogens is 222 g/mol. The molecule has 1 fully saturated rings. The van der Waals surface area contributed by atoms with Gasteiger partial charge in [0.15, 0.2) is 5.84 Å². The molecule has 1 rings (SSSR count). The summed E-state index contributed by atoms with van der Waals surface area (Å²) in [5.41, 5.74) is 5.11. The molecule has 0 aromatic carbocycles. The van der Waals surface area contributed by atoms with Crippen LogP contribution >= 0.6 is 0 Å². The Hall–Kier alpha value is -1.30. The molecule has 0 bridgehead atoms. The van der Waals surface area contributed by atoms with Crippen molar-refractivity contribution in [3.05, 3.63) is 0 Å². The highest BCUT2D eigenvalue weighted by Gasteiger charge is 2.39. The predicted molar refractivity (Wildman–Crippen MR) is 63.8 cm³/mol. The Morgan fingerprint density at radius 3 is 2.82 bits per heavy atom. The molecule has 0 saturated carbocycles. The summed E-state index contributed by atoms with van der Waals surface area (Å²) in [5.74, 6) is -0.868. The topological polar surface area (TPSA) is 96.9 Å². The molecule has 0 aromatic heterocycles. The average molecular weight is 243 g/mol. The van der Waals surface area contributed by atoms with E-state index in [2.05, 4.69) is 10.5 Å². The van der Waals surface area contributed by atoms with E-state index < -0.39 is 5.92 Å². The van der Waals surface area contributed by atoms with Gasteiger partial charge in [-0.1, -0.05) is 12.1 Å². The number of nitrogens with zero attached hydrogens (tertiary/aromatic N) is 1. The van der Waals surface area contributed by atoms with Crippen LogP contribution in [0.4, 0.5) is 0 Å². The van der Waals surface area contributed by atoms with Gasteiger partial charge in [0, 0.05) is 6.61 Å². The number of hydrogen-bond donors (Lipinski definition) is 3. The average Bonchev–Trinajstić information content (AvgIpc) is 2.59. The lowest BCUT2D eigenvalue weighted by molar-refractivity contribution is -0.125. The zero-order chi connectivity index (χ0) is 13.1. The van der Waals surface area contributed by atoms with Crippen molar-refractivity contribution in [2.45, 2.75) is 45.3 Å². The lowest BCUT2D eigenvalue weighted by Gasteiger charge is -2.30. The molecule has 6 nitrogen and oxygen atoms in total. The van der Waals surface area contributed by atoms with E-state index in [1.807, 2.05) is 20.8 Å². The first-order chi connectivity index (χ1) is 7.94. The normalized spacial score (nSPS) is 31.2. The van der Waals surface area contributed by atoms with E-state index in [4.69, 9.17) is 15.7 Å². The van der Waals surface area contributed by atoms with E-state index >= 15 is 0 Å². The minimum atomic E-state index is -0.593. The zero-order valence-electron chi connectivity index (χ0n) is 10.6. The third-order valence-corrected chi connectivity index (χ3v) is 3.49. The quantitative estimate of drug-likeness (QED) is 0.289. The summed E-state index contributed by atoms with van der Waals surface area (Å²) in [4.78, 5) is 12.0. The maximum Gasteiger partial charge on any atom is 0.231 e. The summed E-state index contributed by atoms with van der Waals surface area (Å²) in [5, 5.41) is 14.5. The van der Waals surface area contributed by atoms with E-state index in [9.17, 15) is 4.79 Å². The number of amidine groups is 1. The molecule has 0 aromatic rings. The first-order valence-corrected chi connectivity index (χ1v) is 5.85. The Labute approximate surface area is 101 Å². The molecule has 4 N–H and O–H groups in total. The van der Waals surface area contributed by atoms with Gasteiger partial charge in [-0.3, -0.25) is 4.79 Å². The largest absolute Gasteiger partial charge is 0.409 e. The molecule has 98 valence electrons. The number of hydrogen-bond acceptors (Lipinski definition) is 4. The molecule has 0 spiro atoms. The fraction of sp³-hybridized carbons (Fsp3) is 0.818. The van der Waals surface area contributed by atoms with Crippen molar-refractivity contribution in [3.8, 4) is 0 Å². The van der Waals surface area contributed by atoms with Crippen molar-refractivity contribution < 1.29 is 14.7 Å². The van der Waals surface area contributed by atoms with E-state index in [0.29, 0.717) is 13.0 Å². The van der Waals surface area contributed by atoms with Crippen molar-refractivity contribution in [2.75, 3.05) is 6.61 Å². The van der Waals surface area contributed by atoms with Crippen LogP contribution in [-0.2, 0) is 9.53 Å². The summed E-state index contributed by atoms with van der Waals surface area (Å²) < 4.78 is 5.44. The Morgan fingerprint density at radius 1 is 1.76 bits per heavy atom. The number of ether oxygens (including phenoxy) is 1. The fourth-order valence-corrected chi connectivity index (χ4v) is 1.97. The summed E-state index contributed by atoms with van der Waals surface area (Å²) in [6, 6.07) is 0. The number of carbonyl (C=O) groups excluding carboxylic acids is 1. The lowest BCUT2D eigenvalue weighted by Crippen LogP contribution is -2.54. The Bertz CT molecular complexity index is 319. The Kier molecular flexibility index (Phi) is 4.34. The molecule has 3 atom stereocenters. The number of rotatable bonds is 4. The molecule has 6 heteroatoms. The Balaban J connectivity index is 2.71. The maximum atomic E-state index is 12.0. The van der Waals surface area contributed by atoms with Gasteiger partial charge in [0.05, 0.1) is 17.6 Å². The Morgan fingerprint density at radius 2 is 2.41 bits per heavy atom. The first kappa shape index (κ1) is 13.8. The number of amides is 1. The number of nitrogens with one attached hydrogen (secondary N) is 1. The smallest absolute Gasteiger partial charge is 0.231 e. The van der Waals surface area contributed by atoms with E-state index in [1.165, 1.54) is 0 Å². The first-order valence-electron chi connectivity index (χ1n) is 5.85. The van der Waals surface area contributed by atoms with E-state index in [1.54, 1.807) is 0 Å². The summed E-state index contributed by atoms with van der Waals surface area (Å²) >= 11 is 0. The van der Waals surface area contributed by atoms with E-state index in [0.717, 1.165) is 6.42 Å². The molecule has 3 unspecified atom stereocenters. The zero-order valence-corrected chi connectivity index (χ0v) is 10.6. The molecule has 17 heavy (non-hydrogen) atoms. The molecule has 1 amide bonds. The second kappa shape index (κ2) is 5.35. The van der Waals surface area contributed by atoms with Gasteiger partial charge in [0.25, 0.3) is 0 Å². The van der Waals surface area contributed by atoms with Gasteiger partial charge < -0.3 is 21.0 Å². The van der Waals surface area contributed by atoms with Crippen LogP contribution in [0.3, 0.4) is 0 Å². The summed E-state index contributed by atoms with van der Waals surface area (Å²) in [6.07, 6.45) is 1.23. The highest BCUT2D eigenvalue weighted by atomic mass is 16.5. The van der Waals surface area contributed by atoms with Gasteiger partial charge in [-0.25, -0.2) is 0 Å². The number of nitrogens with two attached hydrogens (primary N) is 1. The van der Waals surface area contributed by atoms with E-state index in [-0.39, 0.29) is 23.4 Å². The summed E-state index contributed by atoms with van der Waals surface area (Å²) in [7, 11) is 0. The molecular formula is C11H21N3O3. The molecule has 1 saturated heterocycles. The maximum absolute atomic E-state index is 12.0. The SMILES string of the molecule is CCC(C(=O)NC1(C)CCOC1C)C(N)=NO. The molecule has 0 radical (unpaired) electrons.